The predicted octanol–water partition coefficient (Wildman–Crippen LogP) is 3.03. The van der Waals surface area contributed by atoms with Gasteiger partial charge in [0.15, 0.2) is 0 Å². The Morgan fingerprint density at radius 3 is 3.06 bits per heavy atom. The van der Waals surface area contributed by atoms with Crippen LogP contribution in [0.15, 0.2) is 29.8 Å². The van der Waals surface area contributed by atoms with Gasteiger partial charge in [0.1, 0.15) is 5.01 Å². The lowest BCUT2D eigenvalue weighted by Gasteiger charge is -2.07. The van der Waals surface area contributed by atoms with Crippen LogP contribution in [-0.2, 0) is 6.54 Å². The van der Waals surface area contributed by atoms with E-state index >= 15 is 0 Å². The van der Waals surface area contributed by atoms with Gasteiger partial charge in [0.2, 0.25) is 0 Å². The molecule has 0 aliphatic heterocycles. The zero-order valence-corrected chi connectivity index (χ0v) is 10.8. The second-order valence-corrected chi connectivity index (χ2v) is 4.91. The minimum absolute atomic E-state index is 0.125. The molecule has 1 aromatic carbocycles. The summed E-state index contributed by atoms with van der Waals surface area (Å²) < 4.78 is 0. The first-order valence-electron chi connectivity index (χ1n) is 5.10. The van der Waals surface area contributed by atoms with E-state index in [0.717, 1.165) is 10.6 Å². The quantitative estimate of drug-likeness (QED) is 0.928. The molecule has 5 heteroatoms. The summed E-state index contributed by atoms with van der Waals surface area (Å²) in [4.78, 5) is 16.0. The fourth-order valence-electron chi connectivity index (χ4n) is 1.44. The van der Waals surface area contributed by atoms with E-state index in [2.05, 4.69) is 10.3 Å². The van der Waals surface area contributed by atoms with Crippen molar-refractivity contribution < 1.29 is 4.79 Å². The molecule has 0 fully saturated rings. The van der Waals surface area contributed by atoms with Crippen LogP contribution in [0.1, 0.15) is 20.9 Å². The van der Waals surface area contributed by atoms with Gasteiger partial charge >= 0.3 is 0 Å². The largest absolute Gasteiger partial charge is 0.346 e. The van der Waals surface area contributed by atoms with Gasteiger partial charge in [0.05, 0.1) is 6.54 Å². The fourth-order valence-corrected chi connectivity index (χ4v) is 2.18. The molecule has 1 aromatic heterocycles. The molecule has 1 heterocycles. The van der Waals surface area contributed by atoms with Crippen molar-refractivity contribution in [1.29, 1.82) is 0 Å². The van der Waals surface area contributed by atoms with E-state index in [1.807, 2.05) is 12.3 Å². The third-order valence-corrected chi connectivity index (χ3v) is 3.59. The smallest absolute Gasteiger partial charge is 0.251 e. The van der Waals surface area contributed by atoms with Crippen molar-refractivity contribution in [1.82, 2.24) is 10.3 Å². The van der Waals surface area contributed by atoms with E-state index in [1.165, 1.54) is 11.3 Å². The number of nitrogens with zero attached hydrogens (tertiary/aromatic N) is 1. The van der Waals surface area contributed by atoms with Gasteiger partial charge in [-0.15, -0.1) is 11.3 Å². The summed E-state index contributed by atoms with van der Waals surface area (Å²) >= 11 is 7.48. The van der Waals surface area contributed by atoms with Crippen LogP contribution in [0.4, 0.5) is 0 Å². The maximum Gasteiger partial charge on any atom is 0.251 e. The monoisotopic (exact) mass is 266 g/mol. The molecule has 17 heavy (non-hydrogen) atoms. The molecule has 0 radical (unpaired) electrons. The molecule has 2 rings (SSSR count). The first-order valence-corrected chi connectivity index (χ1v) is 6.36. The average molecular weight is 267 g/mol. The number of rotatable bonds is 3. The number of thiazole rings is 1. The number of carbonyl (C=O) groups is 1. The van der Waals surface area contributed by atoms with Crippen molar-refractivity contribution >= 4 is 28.8 Å². The Morgan fingerprint density at radius 1 is 1.53 bits per heavy atom. The highest BCUT2D eigenvalue weighted by molar-refractivity contribution is 7.09. The van der Waals surface area contributed by atoms with Gasteiger partial charge in [-0.25, -0.2) is 4.98 Å². The maximum atomic E-state index is 11.9. The summed E-state index contributed by atoms with van der Waals surface area (Å²) in [5.41, 5.74) is 1.40. The number of amides is 1. The number of carbonyl (C=O) groups excluding carboxylic acids is 1. The Hall–Kier alpha value is -1.39. The van der Waals surface area contributed by atoms with Crippen LogP contribution in [0.25, 0.3) is 0 Å². The van der Waals surface area contributed by atoms with E-state index in [4.69, 9.17) is 11.6 Å². The first kappa shape index (κ1) is 12.1. The van der Waals surface area contributed by atoms with E-state index in [1.54, 1.807) is 24.4 Å². The summed E-state index contributed by atoms with van der Waals surface area (Å²) in [5, 5.41) is 6.19. The number of benzene rings is 1. The zero-order chi connectivity index (χ0) is 12.3. The van der Waals surface area contributed by atoms with Crippen LogP contribution in [-0.4, -0.2) is 10.9 Å². The van der Waals surface area contributed by atoms with E-state index in [0.29, 0.717) is 17.1 Å². The van der Waals surface area contributed by atoms with Crippen LogP contribution in [0.5, 0.6) is 0 Å². The number of halogens is 1. The van der Waals surface area contributed by atoms with E-state index in [-0.39, 0.29) is 5.91 Å². The Balaban J connectivity index is 2.07. The molecule has 1 amide bonds. The molecular formula is C12H11ClN2OS. The lowest BCUT2D eigenvalue weighted by molar-refractivity contribution is 0.0950. The number of hydrogen-bond donors (Lipinski definition) is 1. The maximum absolute atomic E-state index is 11.9. The molecular weight excluding hydrogens is 256 g/mol. The van der Waals surface area contributed by atoms with Crippen LogP contribution in [0, 0.1) is 6.92 Å². The van der Waals surface area contributed by atoms with E-state index < -0.39 is 0 Å². The predicted molar refractivity (Wildman–Crippen MR) is 69.5 cm³/mol. The van der Waals surface area contributed by atoms with Gasteiger partial charge in [-0.05, 0) is 24.6 Å². The molecule has 0 saturated heterocycles. The van der Waals surface area contributed by atoms with Crippen molar-refractivity contribution in [3.63, 3.8) is 0 Å². The highest BCUT2D eigenvalue weighted by atomic mass is 35.5. The van der Waals surface area contributed by atoms with Crippen LogP contribution in [0.2, 0.25) is 5.02 Å². The average Bonchev–Trinajstić information content (AvgIpc) is 2.82. The van der Waals surface area contributed by atoms with Crippen molar-refractivity contribution in [2.45, 2.75) is 13.5 Å². The first-order chi connectivity index (χ1) is 8.18. The number of nitrogens with one attached hydrogen (secondary N) is 1. The second-order valence-electron chi connectivity index (χ2n) is 3.52. The zero-order valence-electron chi connectivity index (χ0n) is 9.24. The molecule has 0 saturated carbocycles. The summed E-state index contributed by atoms with van der Waals surface area (Å²) in [7, 11) is 0. The third kappa shape index (κ3) is 2.84. The highest BCUT2D eigenvalue weighted by Gasteiger charge is 2.10. The van der Waals surface area contributed by atoms with Gasteiger partial charge in [0, 0.05) is 22.2 Å². The Bertz CT molecular complexity index is 525. The standard InChI is InChI=1S/C12H11ClN2OS/c1-8-9(3-2-4-10(8)13)12(16)15-7-11-14-5-6-17-11/h2-6H,7H2,1H3,(H,15,16). The molecule has 0 bridgehead atoms. The topological polar surface area (TPSA) is 42.0 Å². The lowest BCUT2D eigenvalue weighted by atomic mass is 10.1. The third-order valence-electron chi connectivity index (χ3n) is 2.40. The number of hydrogen-bond acceptors (Lipinski definition) is 3. The van der Waals surface area contributed by atoms with Crippen LogP contribution < -0.4 is 5.32 Å². The number of aromatic nitrogens is 1. The molecule has 0 aliphatic carbocycles. The van der Waals surface area contributed by atoms with Crippen molar-refractivity contribution in [3.8, 4) is 0 Å². The molecule has 0 spiro atoms. The Morgan fingerprint density at radius 2 is 2.35 bits per heavy atom. The summed E-state index contributed by atoms with van der Waals surface area (Å²) in [5.74, 6) is -0.125. The van der Waals surface area contributed by atoms with Crippen LogP contribution in [0.3, 0.4) is 0 Å². The molecule has 0 unspecified atom stereocenters. The molecule has 2 aromatic rings. The van der Waals surface area contributed by atoms with Crippen molar-refractivity contribution in [2.75, 3.05) is 0 Å². The molecule has 0 atom stereocenters. The lowest BCUT2D eigenvalue weighted by Crippen LogP contribution is -2.23. The minimum atomic E-state index is -0.125. The summed E-state index contributed by atoms with van der Waals surface area (Å²) in [6, 6.07) is 5.31. The Labute approximate surface area is 108 Å². The van der Waals surface area contributed by atoms with Crippen molar-refractivity contribution in [3.05, 3.63) is 50.9 Å². The summed E-state index contributed by atoms with van der Waals surface area (Å²) in [6.07, 6.45) is 1.72. The van der Waals surface area contributed by atoms with Crippen LogP contribution >= 0.6 is 22.9 Å². The molecule has 0 aliphatic rings. The molecule has 3 nitrogen and oxygen atoms in total. The second kappa shape index (κ2) is 5.29. The SMILES string of the molecule is Cc1c(Cl)cccc1C(=O)NCc1nccs1. The fraction of sp³-hybridized carbons (Fsp3) is 0.167. The van der Waals surface area contributed by atoms with Gasteiger partial charge in [0.25, 0.3) is 5.91 Å². The molecule has 88 valence electrons. The van der Waals surface area contributed by atoms with Gasteiger partial charge in [-0.3, -0.25) is 4.79 Å². The molecule has 1 N–H and O–H groups in total. The van der Waals surface area contributed by atoms with Crippen molar-refractivity contribution in [2.24, 2.45) is 0 Å². The van der Waals surface area contributed by atoms with Gasteiger partial charge in [-0.1, -0.05) is 17.7 Å². The Kier molecular flexibility index (Phi) is 3.76. The highest BCUT2D eigenvalue weighted by Crippen LogP contribution is 2.18. The minimum Gasteiger partial charge on any atom is -0.346 e. The van der Waals surface area contributed by atoms with Gasteiger partial charge in [-0.2, -0.15) is 0 Å². The normalized spacial score (nSPS) is 10.2. The summed E-state index contributed by atoms with van der Waals surface area (Å²) in [6.45, 7) is 2.28. The van der Waals surface area contributed by atoms with Gasteiger partial charge < -0.3 is 5.32 Å². The van der Waals surface area contributed by atoms with E-state index in [9.17, 15) is 4.79 Å².